The fourth-order valence-electron chi connectivity index (χ4n) is 2.34. The van der Waals surface area contributed by atoms with E-state index in [1.165, 1.54) is 7.11 Å². The maximum atomic E-state index is 12.0. The van der Waals surface area contributed by atoms with Crippen LogP contribution in [0.2, 0.25) is 0 Å². The molecule has 6 heteroatoms. The molecule has 0 saturated carbocycles. The second-order valence-corrected chi connectivity index (χ2v) is 5.50. The van der Waals surface area contributed by atoms with Gasteiger partial charge in [0.1, 0.15) is 11.9 Å². The first kappa shape index (κ1) is 18.5. The predicted molar refractivity (Wildman–Crippen MR) is 95.6 cm³/mol. The Hall–Kier alpha value is -2.86. The van der Waals surface area contributed by atoms with Crippen molar-refractivity contribution in [2.75, 3.05) is 26.1 Å². The van der Waals surface area contributed by atoms with Crippen LogP contribution < -0.4 is 15.4 Å². The number of para-hydroxylation sites is 1. The standard InChI is InChI=1S/C19H22N2O4/c1-13-8-10-14(11-9-13)21-19(23)18(22)20-12-17(25-3)15-6-4-5-7-16(15)24-2/h4-11,17H,12H2,1-3H3,(H,20,22)(H,21,23). The van der Waals surface area contributed by atoms with E-state index < -0.39 is 17.9 Å². The SMILES string of the molecule is COc1ccccc1C(CNC(=O)C(=O)Nc1ccc(C)cc1)OC. The molecule has 0 aliphatic rings. The van der Waals surface area contributed by atoms with Crippen molar-refractivity contribution in [1.29, 1.82) is 0 Å². The second-order valence-electron chi connectivity index (χ2n) is 5.50. The molecule has 0 fully saturated rings. The zero-order valence-corrected chi connectivity index (χ0v) is 14.5. The van der Waals surface area contributed by atoms with Gasteiger partial charge in [0.25, 0.3) is 0 Å². The van der Waals surface area contributed by atoms with Crippen LogP contribution >= 0.6 is 0 Å². The van der Waals surface area contributed by atoms with E-state index in [1.54, 1.807) is 19.2 Å². The molecule has 6 nitrogen and oxygen atoms in total. The number of carbonyl (C=O) groups is 2. The van der Waals surface area contributed by atoms with Gasteiger partial charge in [0.15, 0.2) is 0 Å². The molecule has 2 amide bonds. The Morgan fingerprint density at radius 3 is 2.32 bits per heavy atom. The lowest BCUT2D eigenvalue weighted by molar-refractivity contribution is -0.136. The van der Waals surface area contributed by atoms with E-state index in [-0.39, 0.29) is 6.54 Å². The van der Waals surface area contributed by atoms with E-state index in [2.05, 4.69) is 10.6 Å². The van der Waals surface area contributed by atoms with Crippen LogP contribution in [0.1, 0.15) is 17.2 Å². The monoisotopic (exact) mass is 342 g/mol. The highest BCUT2D eigenvalue weighted by molar-refractivity contribution is 6.39. The Bertz CT molecular complexity index is 728. The lowest BCUT2D eigenvalue weighted by Gasteiger charge is -2.18. The average molecular weight is 342 g/mol. The maximum absolute atomic E-state index is 12.0. The number of carbonyl (C=O) groups excluding carboxylic acids is 2. The minimum Gasteiger partial charge on any atom is -0.496 e. The lowest BCUT2D eigenvalue weighted by Crippen LogP contribution is -2.38. The first-order valence-electron chi connectivity index (χ1n) is 7.86. The molecular formula is C19H22N2O4. The summed E-state index contributed by atoms with van der Waals surface area (Å²) in [7, 11) is 3.11. The van der Waals surface area contributed by atoms with Gasteiger partial charge in [-0.15, -0.1) is 0 Å². The van der Waals surface area contributed by atoms with Gasteiger partial charge in [-0.1, -0.05) is 35.9 Å². The van der Waals surface area contributed by atoms with Crippen molar-refractivity contribution in [1.82, 2.24) is 5.32 Å². The lowest BCUT2D eigenvalue weighted by atomic mass is 10.1. The molecule has 0 radical (unpaired) electrons. The van der Waals surface area contributed by atoms with Crippen LogP contribution in [0.5, 0.6) is 5.75 Å². The van der Waals surface area contributed by atoms with Crippen LogP contribution in [-0.4, -0.2) is 32.6 Å². The number of hydrogen-bond donors (Lipinski definition) is 2. The van der Waals surface area contributed by atoms with Gasteiger partial charge in [0, 0.05) is 24.9 Å². The minimum absolute atomic E-state index is 0.150. The van der Waals surface area contributed by atoms with E-state index in [4.69, 9.17) is 9.47 Å². The Labute approximate surface area is 147 Å². The maximum Gasteiger partial charge on any atom is 0.313 e. The third-order valence-corrected chi connectivity index (χ3v) is 3.73. The number of rotatable bonds is 6. The minimum atomic E-state index is -0.725. The van der Waals surface area contributed by atoms with Gasteiger partial charge in [0.05, 0.1) is 7.11 Å². The third kappa shape index (κ3) is 5.06. The molecule has 132 valence electrons. The van der Waals surface area contributed by atoms with Crippen molar-refractivity contribution in [3.63, 3.8) is 0 Å². The molecule has 2 aromatic carbocycles. The molecular weight excluding hydrogens is 320 g/mol. The number of amides is 2. The summed E-state index contributed by atoms with van der Waals surface area (Å²) in [5.74, 6) is -0.788. The topological polar surface area (TPSA) is 76.7 Å². The highest BCUT2D eigenvalue weighted by Gasteiger charge is 2.19. The number of anilines is 1. The molecule has 0 aromatic heterocycles. The highest BCUT2D eigenvalue weighted by atomic mass is 16.5. The van der Waals surface area contributed by atoms with Gasteiger partial charge in [0.2, 0.25) is 0 Å². The Morgan fingerprint density at radius 2 is 1.68 bits per heavy atom. The normalized spacial score (nSPS) is 11.5. The van der Waals surface area contributed by atoms with Crippen molar-refractivity contribution in [2.45, 2.75) is 13.0 Å². The number of aryl methyl sites for hydroxylation is 1. The fourth-order valence-corrected chi connectivity index (χ4v) is 2.34. The summed E-state index contributed by atoms with van der Waals surface area (Å²) in [6.45, 7) is 2.10. The summed E-state index contributed by atoms with van der Waals surface area (Å²) in [6.07, 6.45) is -0.424. The van der Waals surface area contributed by atoms with Crippen LogP contribution in [-0.2, 0) is 14.3 Å². The van der Waals surface area contributed by atoms with Gasteiger partial charge in [-0.05, 0) is 25.1 Å². The van der Waals surface area contributed by atoms with Crippen molar-refractivity contribution >= 4 is 17.5 Å². The number of hydrogen-bond acceptors (Lipinski definition) is 4. The first-order chi connectivity index (χ1) is 12.0. The quantitative estimate of drug-likeness (QED) is 0.791. The molecule has 0 aliphatic carbocycles. The zero-order chi connectivity index (χ0) is 18.2. The van der Waals surface area contributed by atoms with Crippen molar-refractivity contribution in [2.24, 2.45) is 0 Å². The van der Waals surface area contributed by atoms with E-state index in [9.17, 15) is 9.59 Å². The van der Waals surface area contributed by atoms with Gasteiger partial charge >= 0.3 is 11.8 Å². The van der Waals surface area contributed by atoms with E-state index in [1.807, 2.05) is 43.3 Å². The summed E-state index contributed by atoms with van der Waals surface area (Å²) < 4.78 is 10.7. The Kier molecular flexibility index (Phi) is 6.54. The van der Waals surface area contributed by atoms with Crippen LogP contribution in [0.3, 0.4) is 0 Å². The van der Waals surface area contributed by atoms with Crippen molar-refractivity contribution < 1.29 is 19.1 Å². The number of ether oxygens (including phenoxy) is 2. The Balaban J connectivity index is 1.95. The zero-order valence-electron chi connectivity index (χ0n) is 14.5. The highest BCUT2D eigenvalue weighted by Crippen LogP contribution is 2.26. The summed E-state index contributed by atoms with van der Waals surface area (Å²) in [4.78, 5) is 24.0. The summed E-state index contributed by atoms with van der Waals surface area (Å²) >= 11 is 0. The molecule has 0 heterocycles. The van der Waals surface area contributed by atoms with Crippen LogP contribution in [0.4, 0.5) is 5.69 Å². The number of nitrogens with one attached hydrogen (secondary N) is 2. The molecule has 0 aliphatic heterocycles. The van der Waals surface area contributed by atoms with Crippen LogP contribution in [0.25, 0.3) is 0 Å². The van der Waals surface area contributed by atoms with Crippen molar-refractivity contribution in [3.05, 3.63) is 59.7 Å². The second kappa shape index (κ2) is 8.84. The fraction of sp³-hybridized carbons (Fsp3) is 0.263. The molecule has 2 rings (SSSR count). The van der Waals surface area contributed by atoms with Gasteiger partial charge in [-0.3, -0.25) is 9.59 Å². The Morgan fingerprint density at radius 1 is 1.00 bits per heavy atom. The van der Waals surface area contributed by atoms with E-state index >= 15 is 0 Å². The van der Waals surface area contributed by atoms with Gasteiger partial charge in [-0.25, -0.2) is 0 Å². The van der Waals surface area contributed by atoms with Crippen LogP contribution in [0.15, 0.2) is 48.5 Å². The average Bonchev–Trinajstić information content (AvgIpc) is 2.64. The molecule has 0 saturated heterocycles. The first-order valence-corrected chi connectivity index (χ1v) is 7.86. The summed E-state index contributed by atoms with van der Waals surface area (Å²) in [6, 6.07) is 14.6. The van der Waals surface area contributed by atoms with Gasteiger partial charge < -0.3 is 20.1 Å². The van der Waals surface area contributed by atoms with Crippen molar-refractivity contribution in [3.8, 4) is 5.75 Å². The molecule has 0 bridgehead atoms. The molecule has 2 N–H and O–H groups in total. The van der Waals surface area contributed by atoms with Gasteiger partial charge in [-0.2, -0.15) is 0 Å². The van der Waals surface area contributed by atoms with E-state index in [0.717, 1.165) is 11.1 Å². The number of methoxy groups -OCH3 is 2. The number of benzene rings is 2. The largest absolute Gasteiger partial charge is 0.496 e. The summed E-state index contributed by atoms with van der Waals surface area (Å²) in [5.41, 5.74) is 2.44. The molecule has 2 aromatic rings. The molecule has 1 unspecified atom stereocenters. The molecule has 25 heavy (non-hydrogen) atoms. The van der Waals surface area contributed by atoms with Crippen LogP contribution in [0, 0.1) is 6.92 Å². The third-order valence-electron chi connectivity index (χ3n) is 3.73. The predicted octanol–water partition coefficient (Wildman–Crippen LogP) is 2.45. The molecule has 1 atom stereocenters. The van der Waals surface area contributed by atoms with E-state index in [0.29, 0.717) is 11.4 Å². The smallest absolute Gasteiger partial charge is 0.313 e. The summed E-state index contributed by atoms with van der Waals surface area (Å²) in [5, 5.41) is 5.14. The molecule has 0 spiro atoms.